The van der Waals surface area contributed by atoms with Crippen molar-refractivity contribution in [3.63, 3.8) is 0 Å². The molecule has 0 aliphatic carbocycles. The number of aryl methyl sites for hydroxylation is 1. The molecule has 2 heterocycles. The largest absolute Gasteiger partial charge is 0.308 e. The maximum atomic E-state index is 9.38. The summed E-state index contributed by atoms with van der Waals surface area (Å²) in [5.41, 5.74) is 2.71. The highest BCUT2D eigenvalue weighted by atomic mass is 15.1. The molecular formula is C14H19N5. The predicted molar refractivity (Wildman–Crippen MR) is 74.8 cm³/mol. The van der Waals surface area contributed by atoms with Gasteiger partial charge in [-0.2, -0.15) is 5.26 Å². The molecule has 5 heteroatoms. The highest BCUT2D eigenvalue weighted by Gasteiger charge is 2.18. The van der Waals surface area contributed by atoms with Crippen molar-refractivity contribution in [3.05, 3.63) is 35.8 Å². The molecule has 2 rings (SSSR count). The molecule has 1 unspecified atom stereocenters. The molecule has 0 bridgehead atoms. The number of nitrogens with one attached hydrogen (secondary N) is 1. The zero-order valence-corrected chi connectivity index (χ0v) is 11.6. The summed E-state index contributed by atoms with van der Waals surface area (Å²) in [5, 5.41) is 12.7. The van der Waals surface area contributed by atoms with E-state index in [0.717, 1.165) is 30.1 Å². The number of nitrogens with zero attached hydrogens (tertiary/aromatic N) is 4. The summed E-state index contributed by atoms with van der Waals surface area (Å²) in [6.45, 7) is 3.61. The molecule has 1 N–H and O–H groups in total. The van der Waals surface area contributed by atoms with Crippen molar-refractivity contribution in [1.82, 2.24) is 19.6 Å². The Labute approximate surface area is 113 Å². The first-order valence-electron chi connectivity index (χ1n) is 6.35. The van der Waals surface area contributed by atoms with E-state index in [1.54, 1.807) is 0 Å². The van der Waals surface area contributed by atoms with E-state index in [0.29, 0.717) is 0 Å². The van der Waals surface area contributed by atoms with Crippen LogP contribution < -0.4 is 5.32 Å². The lowest BCUT2D eigenvalue weighted by Crippen LogP contribution is -2.30. The average molecular weight is 257 g/mol. The van der Waals surface area contributed by atoms with Crippen LogP contribution in [0.5, 0.6) is 0 Å². The first kappa shape index (κ1) is 13.5. The van der Waals surface area contributed by atoms with Gasteiger partial charge < -0.3 is 9.30 Å². The van der Waals surface area contributed by atoms with Gasteiger partial charge in [-0.1, -0.05) is 6.07 Å². The van der Waals surface area contributed by atoms with Crippen LogP contribution in [-0.2, 0) is 0 Å². The van der Waals surface area contributed by atoms with E-state index in [1.165, 1.54) is 0 Å². The van der Waals surface area contributed by atoms with Crippen molar-refractivity contribution in [3.8, 4) is 6.07 Å². The smallest absolute Gasteiger partial charge is 0.138 e. The van der Waals surface area contributed by atoms with Crippen molar-refractivity contribution >= 4 is 5.65 Å². The predicted octanol–water partition coefficient (Wildman–Crippen LogP) is 1.36. The van der Waals surface area contributed by atoms with E-state index in [-0.39, 0.29) is 6.04 Å². The van der Waals surface area contributed by atoms with Crippen LogP contribution in [-0.4, -0.2) is 41.5 Å². The molecule has 100 valence electrons. The highest BCUT2D eigenvalue weighted by Crippen LogP contribution is 2.18. The topological polar surface area (TPSA) is 56.4 Å². The Hall–Kier alpha value is -1.90. The van der Waals surface area contributed by atoms with E-state index in [1.807, 2.05) is 49.8 Å². The SMILES string of the molecule is Cc1nc2ccccn2c1C(C#N)NCCN(C)C. The standard InChI is InChI=1S/C14H19N5/c1-11-14(12(10-15)16-7-9-18(2)3)19-8-5-4-6-13(19)17-11/h4-6,8,12,16H,7,9H2,1-3H3. The Morgan fingerprint density at radius 1 is 1.47 bits per heavy atom. The van der Waals surface area contributed by atoms with Crippen LogP contribution in [0.3, 0.4) is 0 Å². The summed E-state index contributed by atoms with van der Waals surface area (Å²) in [5.74, 6) is 0. The van der Waals surface area contributed by atoms with E-state index < -0.39 is 0 Å². The third-order valence-corrected chi connectivity index (χ3v) is 3.06. The Kier molecular flexibility index (Phi) is 4.15. The van der Waals surface area contributed by atoms with Gasteiger partial charge in [-0.15, -0.1) is 0 Å². The van der Waals surface area contributed by atoms with Gasteiger partial charge in [0.2, 0.25) is 0 Å². The Balaban J connectivity index is 2.26. The fourth-order valence-electron chi connectivity index (χ4n) is 2.12. The zero-order chi connectivity index (χ0) is 13.8. The molecule has 0 aliphatic rings. The number of nitriles is 1. The van der Waals surface area contributed by atoms with Crippen molar-refractivity contribution in [2.45, 2.75) is 13.0 Å². The summed E-state index contributed by atoms with van der Waals surface area (Å²) in [6.07, 6.45) is 1.95. The van der Waals surface area contributed by atoms with Crippen LogP contribution >= 0.6 is 0 Å². The van der Waals surface area contributed by atoms with E-state index in [4.69, 9.17) is 0 Å². The Morgan fingerprint density at radius 2 is 2.26 bits per heavy atom. The third kappa shape index (κ3) is 2.92. The Morgan fingerprint density at radius 3 is 2.95 bits per heavy atom. The lowest BCUT2D eigenvalue weighted by molar-refractivity contribution is 0.394. The highest BCUT2D eigenvalue weighted by molar-refractivity contribution is 5.44. The first-order valence-corrected chi connectivity index (χ1v) is 6.35. The van der Waals surface area contributed by atoms with Gasteiger partial charge in [0.1, 0.15) is 11.7 Å². The van der Waals surface area contributed by atoms with Crippen LogP contribution in [0, 0.1) is 18.3 Å². The number of likely N-dealkylation sites (N-methyl/N-ethyl adjacent to an activating group) is 1. The van der Waals surface area contributed by atoms with Gasteiger partial charge in [0.05, 0.1) is 17.5 Å². The minimum atomic E-state index is -0.336. The van der Waals surface area contributed by atoms with Crippen LogP contribution in [0.15, 0.2) is 24.4 Å². The molecule has 1 atom stereocenters. The molecular weight excluding hydrogens is 238 g/mol. The number of pyridine rings is 1. The molecule has 0 amide bonds. The second-order valence-electron chi connectivity index (χ2n) is 4.83. The molecule has 0 fully saturated rings. The lowest BCUT2D eigenvalue weighted by Gasteiger charge is -2.15. The van der Waals surface area contributed by atoms with E-state index in [2.05, 4.69) is 21.3 Å². The van der Waals surface area contributed by atoms with Crippen LogP contribution in [0.2, 0.25) is 0 Å². The zero-order valence-electron chi connectivity index (χ0n) is 11.6. The molecule has 0 aromatic carbocycles. The molecule has 19 heavy (non-hydrogen) atoms. The van der Waals surface area contributed by atoms with Crippen molar-refractivity contribution in [2.24, 2.45) is 0 Å². The lowest BCUT2D eigenvalue weighted by atomic mass is 10.2. The normalized spacial score (nSPS) is 12.8. The van der Waals surface area contributed by atoms with Gasteiger partial charge in [-0.3, -0.25) is 5.32 Å². The van der Waals surface area contributed by atoms with Gasteiger partial charge in [0.15, 0.2) is 0 Å². The van der Waals surface area contributed by atoms with E-state index in [9.17, 15) is 5.26 Å². The number of rotatable bonds is 5. The van der Waals surface area contributed by atoms with Crippen molar-refractivity contribution in [1.29, 1.82) is 5.26 Å². The van der Waals surface area contributed by atoms with Crippen LogP contribution in [0.25, 0.3) is 5.65 Å². The summed E-state index contributed by atoms with van der Waals surface area (Å²) in [7, 11) is 4.03. The van der Waals surface area contributed by atoms with Crippen LogP contribution in [0.4, 0.5) is 0 Å². The monoisotopic (exact) mass is 257 g/mol. The van der Waals surface area contributed by atoms with Gasteiger partial charge in [-0.05, 0) is 33.2 Å². The van der Waals surface area contributed by atoms with Crippen LogP contribution in [0.1, 0.15) is 17.4 Å². The van der Waals surface area contributed by atoms with Gasteiger partial charge in [0, 0.05) is 19.3 Å². The molecule has 2 aromatic heterocycles. The second kappa shape index (κ2) is 5.83. The minimum absolute atomic E-state index is 0.336. The fourth-order valence-corrected chi connectivity index (χ4v) is 2.12. The molecule has 0 aliphatic heterocycles. The maximum absolute atomic E-state index is 9.38. The molecule has 0 saturated heterocycles. The second-order valence-corrected chi connectivity index (χ2v) is 4.83. The number of hydrogen-bond donors (Lipinski definition) is 1. The molecule has 2 aromatic rings. The number of imidazole rings is 1. The van der Waals surface area contributed by atoms with Gasteiger partial charge in [-0.25, -0.2) is 4.98 Å². The maximum Gasteiger partial charge on any atom is 0.138 e. The van der Waals surface area contributed by atoms with Crippen molar-refractivity contribution < 1.29 is 0 Å². The number of fused-ring (bicyclic) bond motifs is 1. The number of hydrogen-bond acceptors (Lipinski definition) is 4. The van der Waals surface area contributed by atoms with E-state index >= 15 is 0 Å². The first-order chi connectivity index (χ1) is 9.13. The molecule has 0 saturated carbocycles. The fraction of sp³-hybridized carbons (Fsp3) is 0.429. The average Bonchev–Trinajstić information content (AvgIpc) is 2.71. The summed E-state index contributed by atoms with van der Waals surface area (Å²) in [6, 6.07) is 7.84. The molecule has 0 spiro atoms. The minimum Gasteiger partial charge on any atom is -0.308 e. The summed E-state index contributed by atoms with van der Waals surface area (Å²) >= 11 is 0. The third-order valence-electron chi connectivity index (χ3n) is 3.06. The number of aromatic nitrogens is 2. The van der Waals surface area contributed by atoms with Gasteiger partial charge in [0.25, 0.3) is 0 Å². The summed E-state index contributed by atoms with van der Waals surface area (Å²) in [4.78, 5) is 6.57. The molecule has 0 radical (unpaired) electrons. The molecule has 5 nitrogen and oxygen atoms in total. The quantitative estimate of drug-likeness (QED) is 0.878. The summed E-state index contributed by atoms with van der Waals surface area (Å²) < 4.78 is 1.98. The Bertz CT molecular complexity index is 593. The van der Waals surface area contributed by atoms with Gasteiger partial charge >= 0.3 is 0 Å². The van der Waals surface area contributed by atoms with Crippen molar-refractivity contribution in [2.75, 3.05) is 27.2 Å².